The highest BCUT2D eigenvalue weighted by molar-refractivity contribution is 7.99. The maximum absolute atomic E-state index is 12.1. The topological polar surface area (TPSA) is 62.6 Å². The Morgan fingerprint density at radius 2 is 2.24 bits per heavy atom. The Hall–Kier alpha value is -1.87. The molecule has 0 radical (unpaired) electrons. The van der Waals surface area contributed by atoms with Crippen molar-refractivity contribution in [1.29, 1.82) is 5.26 Å². The van der Waals surface area contributed by atoms with E-state index < -0.39 is 0 Å². The van der Waals surface area contributed by atoms with Crippen molar-refractivity contribution in [3.63, 3.8) is 0 Å². The van der Waals surface area contributed by atoms with Crippen molar-refractivity contribution >= 4 is 17.7 Å². The molecular formula is C15H18N2O3S. The Balaban J connectivity index is 1.96. The minimum atomic E-state index is -0.0103. The van der Waals surface area contributed by atoms with Crippen molar-refractivity contribution < 1.29 is 14.3 Å². The third-order valence-corrected chi connectivity index (χ3v) is 4.27. The van der Waals surface area contributed by atoms with E-state index >= 15 is 0 Å². The minimum Gasteiger partial charge on any atom is -0.493 e. The fraction of sp³-hybridized carbons (Fsp3) is 0.467. The first kappa shape index (κ1) is 15.5. The monoisotopic (exact) mass is 306 g/mol. The normalized spacial score (nSPS) is 15.0. The second kappa shape index (κ2) is 7.79. The van der Waals surface area contributed by atoms with Crippen LogP contribution in [-0.4, -0.2) is 49.1 Å². The van der Waals surface area contributed by atoms with Crippen molar-refractivity contribution in [2.45, 2.75) is 6.42 Å². The van der Waals surface area contributed by atoms with Crippen LogP contribution in [0.1, 0.15) is 12.0 Å². The summed E-state index contributed by atoms with van der Waals surface area (Å²) in [6.45, 7) is 1.56. The van der Waals surface area contributed by atoms with E-state index in [-0.39, 0.29) is 12.5 Å². The molecule has 6 heteroatoms. The highest BCUT2D eigenvalue weighted by atomic mass is 32.2. The first-order valence-electron chi connectivity index (χ1n) is 6.81. The fourth-order valence-electron chi connectivity index (χ4n) is 2.08. The van der Waals surface area contributed by atoms with Gasteiger partial charge in [-0.2, -0.15) is 17.0 Å². The van der Waals surface area contributed by atoms with Crippen molar-refractivity contribution in [1.82, 2.24) is 4.90 Å². The van der Waals surface area contributed by atoms with E-state index in [0.29, 0.717) is 17.1 Å². The Bertz CT molecular complexity index is 534. The lowest BCUT2D eigenvalue weighted by atomic mass is 10.2. The van der Waals surface area contributed by atoms with Gasteiger partial charge >= 0.3 is 0 Å². The maximum atomic E-state index is 12.1. The zero-order chi connectivity index (χ0) is 15.1. The number of thioether (sulfide) groups is 1. The summed E-state index contributed by atoms with van der Waals surface area (Å²) in [5.41, 5.74) is 0.495. The molecule has 1 fully saturated rings. The van der Waals surface area contributed by atoms with Gasteiger partial charge in [0.2, 0.25) is 0 Å². The summed E-state index contributed by atoms with van der Waals surface area (Å²) < 4.78 is 10.7. The van der Waals surface area contributed by atoms with Crippen molar-refractivity contribution in [3.05, 3.63) is 23.8 Å². The summed E-state index contributed by atoms with van der Waals surface area (Å²) in [6.07, 6.45) is 1.02. The molecule has 1 aromatic rings. The summed E-state index contributed by atoms with van der Waals surface area (Å²) in [7, 11) is 1.51. The molecule has 1 saturated heterocycles. The summed E-state index contributed by atoms with van der Waals surface area (Å²) in [5.74, 6) is 3.02. The number of ether oxygens (including phenoxy) is 2. The van der Waals surface area contributed by atoms with E-state index in [1.807, 2.05) is 22.7 Å². The lowest BCUT2D eigenvalue weighted by Gasteiger charge is -2.20. The summed E-state index contributed by atoms with van der Waals surface area (Å²) in [4.78, 5) is 14.0. The minimum absolute atomic E-state index is 0.00702. The molecule has 2 rings (SSSR count). The molecule has 112 valence electrons. The molecule has 21 heavy (non-hydrogen) atoms. The molecule has 1 heterocycles. The van der Waals surface area contributed by atoms with Gasteiger partial charge in [-0.15, -0.1) is 0 Å². The van der Waals surface area contributed by atoms with Crippen LogP contribution >= 0.6 is 11.8 Å². The van der Waals surface area contributed by atoms with Gasteiger partial charge in [-0.1, -0.05) is 0 Å². The van der Waals surface area contributed by atoms with Crippen molar-refractivity contribution in [2.75, 3.05) is 38.3 Å². The second-order valence-corrected chi connectivity index (χ2v) is 5.84. The number of nitrogens with zero attached hydrogens (tertiary/aromatic N) is 2. The van der Waals surface area contributed by atoms with Crippen LogP contribution in [0.25, 0.3) is 0 Å². The predicted octanol–water partition coefficient (Wildman–Crippen LogP) is 1.91. The van der Waals surface area contributed by atoms with E-state index in [4.69, 9.17) is 14.7 Å². The molecule has 1 aliphatic heterocycles. The van der Waals surface area contributed by atoms with Crippen molar-refractivity contribution in [2.24, 2.45) is 0 Å². The fourth-order valence-corrected chi connectivity index (χ4v) is 2.97. The number of amides is 1. The third-order valence-electron chi connectivity index (χ3n) is 3.22. The summed E-state index contributed by atoms with van der Waals surface area (Å²) in [6, 6.07) is 6.94. The largest absolute Gasteiger partial charge is 0.493 e. The number of carbonyl (C=O) groups is 1. The Morgan fingerprint density at radius 1 is 1.38 bits per heavy atom. The lowest BCUT2D eigenvalue weighted by molar-refractivity contribution is -0.133. The van der Waals surface area contributed by atoms with Gasteiger partial charge in [-0.05, 0) is 24.3 Å². The number of methoxy groups -OCH3 is 1. The lowest BCUT2D eigenvalue weighted by Crippen LogP contribution is -2.36. The van der Waals surface area contributed by atoms with Crippen LogP contribution in [0.2, 0.25) is 0 Å². The molecule has 0 atom stereocenters. The zero-order valence-corrected chi connectivity index (χ0v) is 12.8. The Labute approximate surface area is 128 Å². The van der Waals surface area contributed by atoms with Gasteiger partial charge < -0.3 is 14.4 Å². The number of hydrogen-bond acceptors (Lipinski definition) is 5. The molecule has 0 N–H and O–H groups in total. The molecule has 5 nitrogen and oxygen atoms in total. The number of hydrogen-bond donors (Lipinski definition) is 0. The first-order valence-corrected chi connectivity index (χ1v) is 7.96. The number of nitriles is 1. The molecule has 1 aliphatic rings. The molecule has 0 unspecified atom stereocenters. The van der Waals surface area contributed by atoms with Gasteiger partial charge in [0.05, 0.1) is 18.7 Å². The second-order valence-electron chi connectivity index (χ2n) is 4.61. The van der Waals surface area contributed by atoms with Gasteiger partial charge in [0.15, 0.2) is 18.1 Å². The Morgan fingerprint density at radius 3 is 3.00 bits per heavy atom. The quantitative estimate of drug-likeness (QED) is 0.850. The maximum Gasteiger partial charge on any atom is 0.260 e. The average Bonchev–Trinajstić information content (AvgIpc) is 2.81. The van der Waals surface area contributed by atoms with Gasteiger partial charge in [-0.25, -0.2) is 0 Å². The van der Waals surface area contributed by atoms with Gasteiger partial charge in [0, 0.05) is 24.9 Å². The highest BCUT2D eigenvalue weighted by Crippen LogP contribution is 2.27. The SMILES string of the molecule is COc1cc(C#N)ccc1OCC(=O)N1CCCSCC1. The number of rotatable bonds is 4. The molecule has 1 amide bonds. The average molecular weight is 306 g/mol. The highest BCUT2D eigenvalue weighted by Gasteiger charge is 2.17. The first-order chi connectivity index (χ1) is 10.2. The van der Waals surface area contributed by atoms with E-state index in [0.717, 1.165) is 31.0 Å². The van der Waals surface area contributed by atoms with Gasteiger partial charge in [0.25, 0.3) is 5.91 Å². The molecular weight excluding hydrogens is 288 g/mol. The van der Waals surface area contributed by atoms with E-state index in [1.165, 1.54) is 7.11 Å². The number of benzene rings is 1. The smallest absolute Gasteiger partial charge is 0.260 e. The zero-order valence-electron chi connectivity index (χ0n) is 12.0. The van der Waals surface area contributed by atoms with Gasteiger partial charge in [0.1, 0.15) is 0 Å². The predicted molar refractivity (Wildman–Crippen MR) is 81.7 cm³/mol. The van der Waals surface area contributed by atoms with Crippen LogP contribution < -0.4 is 9.47 Å². The molecule has 1 aromatic carbocycles. The van der Waals surface area contributed by atoms with Crippen LogP contribution in [0.15, 0.2) is 18.2 Å². The van der Waals surface area contributed by atoms with Crippen LogP contribution in [0.3, 0.4) is 0 Å². The van der Waals surface area contributed by atoms with E-state index in [9.17, 15) is 4.79 Å². The molecule has 0 aromatic heterocycles. The van der Waals surface area contributed by atoms with E-state index in [2.05, 4.69) is 0 Å². The molecule has 0 aliphatic carbocycles. The standard InChI is InChI=1S/C15H18N2O3S/c1-19-14-9-12(10-16)3-4-13(14)20-11-15(18)17-5-2-7-21-8-6-17/h3-4,9H,2,5-8,11H2,1H3. The van der Waals surface area contributed by atoms with Crippen LogP contribution in [0, 0.1) is 11.3 Å². The Kier molecular flexibility index (Phi) is 5.76. The third kappa shape index (κ3) is 4.30. The summed E-state index contributed by atoms with van der Waals surface area (Å²) in [5, 5.41) is 8.85. The van der Waals surface area contributed by atoms with Crippen LogP contribution in [-0.2, 0) is 4.79 Å². The molecule has 0 bridgehead atoms. The summed E-state index contributed by atoms with van der Waals surface area (Å²) >= 11 is 1.88. The number of carbonyl (C=O) groups excluding carboxylic acids is 1. The van der Waals surface area contributed by atoms with Gasteiger partial charge in [-0.3, -0.25) is 4.79 Å². The van der Waals surface area contributed by atoms with E-state index in [1.54, 1.807) is 18.2 Å². The van der Waals surface area contributed by atoms with Crippen LogP contribution in [0.5, 0.6) is 11.5 Å². The van der Waals surface area contributed by atoms with Crippen LogP contribution in [0.4, 0.5) is 0 Å². The molecule has 0 saturated carbocycles. The molecule has 0 spiro atoms. The van der Waals surface area contributed by atoms with Crippen molar-refractivity contribution in [3.8, 4) is 17.6 Å².